The molecule has 6 heteroatoms. The first-order chi connectivity index (χ1) is 8.97. The fourth-order valence-corrected chi connectivity index (χ4v) is 2.75. The van der Waals surface area contributed by atoms with Gasteiger partial charge in [0.05, 0.1) is 10.2 Å². The third kappa shape index (κ3) is 3.27. The van der Waals surface area contributed by atoms with Crippen molar-refractivity contribution in [3.63, 3.8) is 0 Å². The minimum absolute atomic E-state index is 0.0543. The van der Waals surface area contributed by atoms with Gasteiger partial charge in [-0.1, -0.05) is 11.3 Å². The topological polar surface area (TPSA) is 36.4 Å². The molecule has 1 aromatic heterocycles. The number of likely N-dealkylation sites (N-methyl/N-ethyl adjacent to an activating group) is 1. The van der Waals surface area contributed by atoms with Crippen LogP contribution >= 0.6 is 11.3 Å². The number of fused-ring (bicyclic) bond motifs is 1. The average molecular weight is 281 g/mol. The van der Waals surface area contributed by atoms with E-state index in [2.05, 4.69) is 4.98 Å². The third-order valence-electron chi connectivity index (χ3n) is 2.72. The van der Waals surface area contributed by atoms with Crippen molar-refractivity contribution in [2.24, 2.45) is 0 Å². The van der Waals surface area contributed by atoms with Gasteiger partial charge in [-0.3, -0.25) is 9.69 Å². The molecule has 1 aromatic carbocycles. The summed E-state index contributed by atoms with van der Waals surface area (Å²) >= 11 is 1.34. The number of hydrogen-bond acceptors (Lipinski definition) is 4. The van der Waals surface area contributed by atoms with E-state index in [9.17, 15) is 9.18 Å². The normalized spacial score (nSPS) is 11.2. The van der Waals surface area contributed by atoms with Crippen molar-refractivity contribution in [1.82, 2.24) is 9.88 Å². The summed E-state index contributed by atoms with van der Waals surface area (Å²) in [6.45, 7) is 2.84. The quantitative estimate of drug-likeness (QED) is 0.863. The molecule has 0 radical (unpaired) electrons. The van der Waals surface area contributed by atoms with Crippen LogP contribution in [0, 0.1) is 5.82 Å². The molecule has 0 bridgehead atoms. The van der Waals surface area contributed by atoms with Crippen molar-refractivity contribution in [3.05, 3.63) is 24.0 Å². The molecule has 0 saturated heterocycles. The third-order valence-corrected chi connectivity index (χ3v) is 3.76. The molecule has 0 aliphatic heterocycles. The lowest BCUT2D eigenvalue weighted by Gasteiger charge is -2.20. The molecule has 0 fully saturated rings. The lowest BCUT2D eigenvalue weighted by molar-refractivity contribution is -0.116. The van der Waals surface area contributed by atoms with Gasteiger partial charge in [0.15, 0.2) is 5.13 Å². The maximum absolute atomic E-state index is 13.2. The molecule has 0 aliphatic rings. The van der Waals surface area contributed by atoms with Crippen molar-refractivity contribution >= 4 is 32.6 Å². The monoisotopic (exact) mass is 281 g/mol. The van der Waals surface area contributed by atoms with Crippen LogP contribution < -0.4 is 4.90 Å². The zero-order valence-corrected chi connectivity index (χ0v) is 12.0. The molecule has 102 valence electrons. The Morgan fingerprint density at radius 2 is 2.11 bits per heavy atom. The van der Waals surface area contributed by atoms with Gasteiger partial charge in [0, 0.05) is 20.0 Å². The molecular formula is C13H16FN3OS. The summed E-state index contributed by atoms with van der Waals surface area (Å²) in [6, 6.07) is 4.46. The maximum atomic E-state index is 13.2. The van der Waals surface area contributed by atoms with E-state index in [0.717, 1.165) is 16.8 Å². The Bertz CT molecular complexity index is 597. The van der Waals surface area contributed by atoms with Gasteiger partial charge in [0.1, 0.15) is 5.82 Å². The van der Waals surface area contributed by atoms with Gasteiger partial charge >= 0.3 is 0 Å². The highest BCUT2D eigenvalue weighted by Gasteiger charge is 2.16. The molecule has 0 atom stereocenters. The highest BCUT2D eigenvalue weighted by molar-refractivity contribution is 7.22. The molecule has 1 heterocycles. The Morgan fingerprint density at radius 1 is 1.37 bits per heavy atom. The summed E-state index contributed by atoms with van der Waals surface area (Å²) < 4.78 is 13.9. The van der Waals surface area contributed by atoms with Crippen LogP contribution in [0.25, 0.3) is 10.2 Å². The summed E-state index contributed by atoms with van der Waals surface area (Å²) in [7, 11) is 3.90. The minimum Gasteiger partial charge on any atom is -0.308 e. The van der Waals surface area contributed by atoms with E-state index in [1.807, 2.05) is 19.0 Å². The molecule has 0 unspecified atom stereocenters. The second-order valence-corrected chi connectivity index (χ2v) is 5.59. The van der Waals surface area contributed by atoms with Gasteiger partial charge in [-0.15, -0.1) is 0 Å². The fourth-order valence-electron chi connectivity index (χ4n) is 1.69. The Morgan fingerprint density at radius 3 is 2.74 bits per heavy atom. The van der Waals surface area contributed by atoms with Gasteiger partial charge in [0.2, 0.25) is 5.91 Å². The Balaban J connectivity index is 2.30. The second kappa shape index (κ2) is 5.63. The van der Waals surface area contributed by atoms with Gasteiger partial charge < -0.3 is 4.90 Å². The molecule has 2 aromatic rings. The summed E-state index contributed by atoms with van der Waals surface area (Å²) in [6.07, 6.45) is 0. The number of anilines is 1. The lowest BCUT2D eigenvalue weighted by Crippen LogP contribution is -2.35. The van der Waals surface area contributed by atoms with Crippen LogP contribution in [0.4, 0.5) is 9.52 Å². The minimum atomic E-state index is -0.287. The zero-order chi connectivity index (χ0) is 14.0. The average Bonchev–Trinajstić information content (AvgIpc) is 2.70. The number of hydrogen-bond donors (Lipinski definition) is 0. The van der Waals surface area contributed by atoms with Crippen molar-refractivity contribution in [2.75, 3.05) is 32.1 Å². The molecule has 0 aliphatic carbocycles. The molecule has 1 amide bonds. The Hall–Kier alpha value is -1.53. The maximum Gasteiger partial charge on any atom is 0.225 e. The van der Waals surface area contributed by atoms with Crippen molar-refractivity contribution < 1.29 is 9.18 Å². The number of aromatic nitrogens is 1. The summed E-state index contributed by atoms with van der Waals surface area (Å²) in [5, 5.41) is 0.620. The highest BCUT2D eigenvalue weighted by Crippen LogP contribution is 2.29. The van der Waals surface area contributed by atoms with Crippen LogP contribution in [0.3, 0.4) is 0 Å². The molecule has 2 rings (SSSR count). The number of benzene rings is 1. The molecule has 19 heavy (non-hydrogen) atoms. The van der Waals surface area contributed by atoms with E-state index in [4.69, 9.17) is 0 Å². The Labute approximate surface area is 115 Å². The highest BCUT2D eigenvalue weighted by atomic mass is 32.1. The van der Waals surface area contributed by atoms with Crippen LogP contribution in [0.15, 0.2) is 18.2 Å². The summed E-state index contributed by atoms with van der Waals surface area (Å²) in [4.78, 5) is 19.7. The van der Waals surface area contributed by atoms with Crippen LogP contribution in [-0.4, -0.2) is 43.0 Å². The van der Waals surface area contributed by atoms with Crippen molar-refractivity contribution in [1.29, 1.82) is 0 Å². The van der Waals surface area contributed by atoms with Crippen molar-refractivity contribution in [2.45, 2.75) is 6.92 Å². The number of thiazole rings is 1. The fraction of sp³-hybridized carbons (Fsp3) is 0.385. The van der Waals surface area contributed by atoms with Crippen LogP contribution in [0.2, 0.25) is 0 Å². The van der Waals surface area contributed by atoms with Crippen LogP contribution in [0.1, 0.15) is 6.92 Å². The zero-order valence-electron chi connectivity index (χ0n) is 11.2. The van der Waals surface area contributed by atoms with E-state index in [-0.39, 0.29) is 11.7 Å². The molecule has 4 nitrogen and oxygen atoms in total. The second-order valence-electron chi connectivity index (χ2n) is 4.58. The summed E-state index contributed by atoms with van der Waals surface area (Å²) in [5.41, 5.74) is 0.720. The van der Waals surface area contributed by atoms with E-state index >= 15 is 0 Å². The number of carbonyl (C=O) groups excluding carboxylic acids is 1. The number of carbonyl (C=O) groups is 1. The van der Waals surface area contributed by atoms with Crippen LogP contribution in [-0.2, 0) is 4.79 Å². The van der Waals surface area contributed by atoms with Gasteiger partial charge in [-0.25, -0.2) is 9.37 Å². The smallest absolute Gasteiger partial charge is 0.225 e. The number of rotatable bonds is 4. The predicted molar refractivity (Wildman–Crippen MR) is 76.2 cm³/mol. The van der Waals surface area contributed by atoms with E-state index in [1.165, 1.54) is 30.4 Å². The van der Waals surface area contributed by atoms with Gasteiger partial charge in [-0.2, -0.15) is 0 Å². The number of nitrogens with zero attached hydrogens (tertiary/aromatic N) is 3. The van der Waals surface area contributed by atoms with Gasteiger partial charge in [0.25, 0.3) is 0 Å². The number of amides is 1. The first-order valence-electron chi connectivity index (χ1n) is 5.96. The van der Waals surface area contributed by atoms with Crippen molar-refractivity contribution in [3.8, 4) is 0 Å². The van der Waals surface area contributed by atoms with E-state index in [0.29, 0.717) is 11.7 Å². The molecule has 0 N–H and O–H groups in total. The molecular weight excluding hydrogens is 265 g/mol. The predicted octanol–water partition coefficient (Wildman–Crippen LogP) is 2.35. The first-order valence-corrected chi connectivity index (χ1v) is 6.78. The number of halogens is 1. The SMILES string of the molecule is CC(=O)N(CCN(C)C)c1nc2ccc(F)cc2s1. The van der Waals surface area contributed by atoms with Crippen LogP contribution in [0.5, 0.6) is 0 Å². The first kappa shape index (κ1) is 13.9. The summed E-state index contributed by atoms with van der Waals surface area (Å²) in [5.74, 6) is -0.341. The van der Waals surface area contributed by atoms with E-state index in [1.54, 1.807) is 11.0 Å². The standard InChI is InChI=1S/C13H16FN3OS/c1-9(18)17(7-6-16(2)3)13-15-11-5-4-10(14)8-12(11)19-13/h4-5,8H,6-7H2,1-3H3. The largest absolute Gasteiger partial charge is 0.308 e. The van der Waals surface area contributed by atoms with E-state index < -0.39 is 0 Å². The molecule has 0 spiro atoms. The lowest BCUT2D eigenvalue weighted by atomic mass is 10.3. The molecule has 0 saturated carbocycles. The Kier molecular flexibility index (Phi) is 4.11. The van der Waals surface area contributed by atoms with Gasteiger partial charge in [-0.05, 0) is 32.3 Å².